The van der Waals surface area contributed by atoms with Crippen LogP contribution >= 0.6 is 11.6 Å². The fraction of sp³-hybridized carbons (Fsp3) is 0.158. The molecule has 0 aliphatic heterocycles. The lowest BCUT2D eigenvalue weighted by atomic mass is 10.1. The molecule has 120 valence electrons. The molecule has 4 nitrogen and oxygen atoms in total. The van der Waals surface area contributed by atoms with Crippen LogP contribution in [0.3, 0.4) is 0 Å². The smallest absolute Gasteiger partial charge is 0.235 e. The second kappa shape index (κ2) is 6.38. The van der Waals surface area contributed by atoms with E-state index in [1.807, 2.05) is 44.2 Å². The third-order valence-electron chi connectivity index (χ3n) is 3.72. The number of hydrogen-bond acceptors (Lipinski definition) is 4. The van der Waals surface area contributed by atoms with Gasteiger partial charge in [0.25, 0.3) is 0 Å². The molecule has 0 spiro atoms. The van der Waals surface area contributed by atoms with Crippen molar-refractivity contribution in [3.05, 3.63) is 62.8 Å². The van der Waals surface area contributed by atoms with Crippen molar-refractivity contribution in [2.45, 2.75) is 13.8 Å². The summed E-state index contributed by atoms with van der Waals surface area (Å²) in [4.78, 5) is 12.8. The van der Waals surface area contributed by atoms with Crippen LogP contribution in [-0.2, 0) is 0 Å². The van der Waals surface area contributed by atoms with E-state index >= 15 is 0 Å². The zero-order valence-electron chi connectivity index (χ0n) is 13.2. The minimum absolute atomic E-state index is 0.0211. The molecule has 1 heterocycles. The Kier molecular flexibility index (Phi) is 4.28. The van der Waals surface area contributed by atoms with E-state index in [4.69, 9.17) is 26.0 Å². The van der Waals surface area contributed by atoms with Crippen LogP contribution in [0.4, 0.5) is 0 Å². The van der Waals surface area contributed by atoms with Crippen molar-refractivity contribution in [2.24, 2.45) is 0 Å². The van der Waals surface area contributed by atoms with E-state index in [-0.39, 0.29) is 17.8 Å². The van der Waals surface area contributed by atoms with Crippen LogP contribution < -0.4 is 10.2 Å². The van der Waals surface area contributed by atoms with Gasteiger partial charge in [-0.2, -0.15) is 5.26 Å². The second-order valence-electron chi connectivity index (χ2n) is 5.50. The molecule has 0 N–H and O–H groups in total. The standard InChI is InChI=1S/C19H14ClNO3/c1-11-3-5-13(6-4-11)18-19(23-8-7-21)17(22)14-10-15(20)12(2)9-16(14)24-18/h3-6,9-10H,8H2,1-2H3. The van der Waals surface area contributed by atoms with Crippen molar-refractivity contribution >= 4 is 22.6 Å². The Morgan fingerprint density at radius 1 is 1.21 bits per heavy atom. The summed E-state index contributed by atoms with van der Waals surface area (Å²) < 4.78 is 11.3. The molecule has 0 amide bonds. The molecule has 0 saturated heterocycles. The van der Waals surface area contributed by atoms with Crippen LogP contribution in [0.25, 0.3) is 22.3 Å². The number of ether oxygens (including phenoxy) is 1. The summed E-state index contributed by atoms with van der Waals surface area (Å²) in [5, 5.41) is 9.59. The van der Waals surface area contributed by atoms with E-state index in [2.05, 4.69) is 0 Å². The van der Waals surface area contributed by atoms with Gasteiger partial charge >= 0.3 is 0 Å². The van der Waals surface area contributed by atoms with Gasteiger partial charge in [-0.3, -0.25) is 4.79 Å². The minimum atomic E-state index is -0.344. The van der Waals surface area contributed by atoms with Crippen molar-refractivity contribution in [2.75, 3.05) is 6.61 Å². The van der Waals surface area contributed by atoms with Gasteiger partial charge < -0.3 is 9.15 Å². The first-order valence-corrected chi connectivity index (χ1v) is 7.73. The van der Waals surface area contributed by atoms with Gasteiger partial charge in [0.05, 0.1) is 5.39 Å². The predicted molar refractivity (Wildman–Crippen MR) is 93.5 cm³/mol. The number of nitriles is 1. The van der Waals surface area contributed by atoms with Crippen LogP contribution in [0.5, 0.6) is 5.75 Å². The van der Waals surface area contributed by atoms with Gasteiger partial charge in [0, 0.05) is 10.6 Å². The molecule has 3 rings (SSSR count). The van der Waals surface area contributed by atoms with Crippen molar-refractivity contribution in [3.63, 3.8) is 0 Å². The number of fused-ring (bicyclic) bond motifs is 1. The van der Waals surface area contributed by atoms with E-state index in [1.54, 1.807) is 12.1 Å². The van der Waals surface area contributed by atoms with Crippen molar-refractivity contribution < 1.29 is 9.15 Å². The molecule has 0 bridgehead atoms. The summed E-state index contributed by atoms with van der Waals surface area (Å²) in [5.74, 6) is 0.331. The van der Waals surface area contributed by atoms with E-state index in [0.29, 0.717) is 27.3 Å². The summed E-state index contributed by atoms with van der Waals surface area (Å²) in [5.41, 5.74) is 2.70. The molecule has 1 aromatic heterocycles. The van der Waals surface area contributed by atoms with Gasteiger partial charge in [-0.15, -0.1) is 0 Å². The average molecular weight is 340 g/mol. The maximum atomic E-state index is 12.8. The van der Waals surface area contributed by atoms with Gasteiger partial charge in [0.15, 0.2) is 12.4 Å². The Balaban J connectivity index is 2.33. The van der Waals surface area contributed by atoms with Crippen LogP contribution in [0, 0.1) is 25.2 Å². The monoisotopic (exact) mass is 339 g/mol. The Bertz CT molecular complexity index is 1010. The summed E-state index contributed by atoms with van der Waals surface area (Å²) in [7, 11) is 0. The van der Waals surface area contributed by atoms with Crippen molar-refractivity contribution in [1.82, 2.24) is 0 Å². The van der Waals surface area contributed by atoms with Gasteiger partial charge in [-0.05, 0) is 31.5 Å². The summed E-state index contributed by atoms with van der Waals surface area (Å²) in [6, 6.07) is 12.7. The molecule has 0 fully saturated rings. The summed E-state index contributed by atoms with van der Waals surface area (Å²) in [6.45, 7) is 3.57. The zero-order chi connectivity index (χ0) is 17.3. The molecule has 3 aromatic rings. The Morgan fingerprint density at radius 3 is 2.58 bits per heavy atom. The lowest BCUT2D eigenvalue weighted by Crippen LogP contribution is -2.10. The number of aryl methyl sites for hydroxylation is 2. The normalized spacial score (nSPS) is 10.6. The fourth-order valence-corrected chi connectivity index (χ4v) is 2.59. The van der Waals surface area contributed by atoms with Crippen molar-refractivity contribution in [1.29, 1.82) is 5.26 Å². The first kappa shape index (κ1) is 16.1. The van der Waals surface area contributed by atoms with E-state index in [1.165, 1.54) is 0 Å². The first-order chi connectivity index (χ1) is 11.5. The maximum absolute atomic E-state index is 12.8. The molecular formula is C19H14ClNO3. The average Bonchev–Trinajstić information content (AvgIpc) is 2.56. The van der Waals surface area contributed by atoms with Gasteiger partial charge in [-0.25, -0.2) is 0 Å². The SMILES string of the molecule is Cc1ccc(-c2oc3cc(C)c(Cl)cc3c(=O)c2OCC#N)cc1. The molecule has 0 radical (unpaired) electrons. The molecule has 5 heteroatoms. The molecule has 0 unspecified atom stereocenters. The highest BCUT2D eigenvalue weighted by Crippen LogP contribution is 2.32. The van der Waals surface area contributed by atoms with E-state index < -0.39 is 0 Å². The highest BCUT2D eigenvalue weighted by molar-refractivity contribution is 6.32. The largest absolute Gasteiger partial charge is 0.471 e. The van der Waals surface area contributed by atoms with Crippen LogP contribution in [0.15, 0.2) is 45.6 Å². The lowest BCUT2D eigenvalue weighted by Gasteiger charge is -2.11. The van der Waals surface area contributed by atoms with Gasteiger partial charge in [0.1, 0.15) is 11.7 Å². The van der Waals surface area contributed by atoms with E-state index in [9.17, 15) is 4.79 Å². The third kappa shape index (κ3) is 2.86. The van der Waals surface area contributed by atoms with Crippen molar-refractivity contribution in [3.8, 4) is 23.1 Å². The number of rotatable bonds is 3. The Hall–Kier alpha value is -2.77. The second-order valence-corrected chi connectivity index (χ2v) is 5.91. The quantitative estimate of drug-likeness (QED) is 0.697. The Morgan fingerprint density at radius 2 is 1.92 bits per heavy atom. The fourth-order valence-electron chi connectivity index (χ4n) is 2.43. The first-order valence-electron chi connectivity index (χ1n) is 7.35. The van der Waals surface area contributed by atoms with Crippen LogP contribution in [0.1, 0.15) is 11.1 Å². The molecule has 0 saturated carbocycles. The topological polar surface area (TPSA) is 63.2 Å². The van der Waals surface area contributed by atoms with Gasteiger partial charge in [-0.1, -0.05) is 41.4 Å². The predicted octanol–water partition coefficient (Wildman–Crippen LogP) is 4.63. The highest BCUT2D eigenvalue weighted by Gasteiger charge is 2.18. The van der Waals surface area contributed by atoms with E-state index in [0.717, 1.165) is 11.1 Å². The molecular weight excluding hydrogens is 326 g/mol. The number of nitrogens with zero attached hydrogens (tertiary/aromatic N) is 1. The van der Waals surface area contributed by atoms with Crippen LogP contribution in [-0.4, -0.2) is 6.61 Å². The van der Waals surface area contributed by atoms with Gasteiger partial charge in [0.2, 0.25) is 11.2 Å². The maximum Gasteiger partial charge on any atom is 0.235 e. The molecule has 0 atom stereocenters. The Labute approximate surface area is 143 Å². The summed E-state index contributed by atoms with van der Waals surface area (Å²) >= 11 is 6.12. The summed E-state index contributed by atoms with van der Waals surface area (Å²) in [6.07, 6.45) is 0. The number of halogens is 1. The molecule has 0 aliphatic rings. The third-order valence-corrected chi connectivity index (χ3v) is 4.13. The highest BCUT2D eigenvalue weighted by atomic mass is 35.5. The number of benzene rings is 2. The number of hydrogen-bond donors (Lipinski definition) is 0. The molecule has 24 heavy (non-hydrogen) atoms. The molecule has 0 aliphatic carbocycles. The minimum Gasteiger partial charge on any atom is -0.471 e. The zero-order valence-corrected chi connectivity index (χ0v) is 14.0. The lowest BCUT2D eigenvalue weighted by molar-refractivity contribution is 0.356. The molecule has 2 aromatic carbocycles. The van der Waals surface area contributed by atoms with Crippen LogP contribution in [0.2, 0.25) is 5.02 Å².